The number of aliphatic hydroxyl groups is 3. The maximum atomic E-state index is 12.4. The summed E-state index contributed by atoms with van der Waals surface area (Å²) in [6.45, 7) is -0.140. The summed E-state index contributed by atoms with van der Waals surface area (Å²) in [5.74, 6) is 0.558. The average molecular weight is 681 g/mol. The van der Waals surface area contributed by atoms with Crippen LogP contribution in [0.4, 0.5) is 0 Å². The molecule has 49 heavy (non-hydrogen) atoms. The van der Waals surface area contributed by atoms with Gasteiger partial charge in [0.15, 0.2) is 11.5 Å². The number of hydrogen-bond acceptors (Lipinski definition) is 13. The van der Waals surface area contributed by atoms with Crippen molar-refractivity contribution in [2.45, 2.75) is 60.6 Å². The van der Waals surface area contributed by atoms with Gasteiger partial charge in [0.25, 0.3) is 0 Å². The molecule has 1 aliphatic carbocycles. The molecule has 14 nitrogen and oxygen atoms in total. The lowest BCUT2D eigenvalue weighted by Gasteiger charge is -2.46. The number of carboxylic acid groups (broad SMARTS) is 1. The van der Waals surface area contributed by atoms with E-state index in [1.807, 2.05) is 19.2 Å². The largest absolute Gasteiger partial charge is 0.508 e. The van der Waals surface area contributed by atoms with E-state index >= 15 is 0 Å². The second-order valence-electron chi connectivity index (χ2n) is 12.9. The summed E-state index contributed by atoms with van der Waals surface area (Å²) in [7, 11) is 6.53. The summed E-state index contributed by atoms with van der Waals surface area (Å²) >= 11 is 0. The van der Waals surface area contributed by atoms with Crippen LogP contribution in [0.1, 0.15) is 41.7 Å². The maximum Gasteiger partial charge on any atom is 0.340 e. The summed E-state index contributed by atoms with van der Waals surface area (Å²) in [6, 6.07) is 11.9. The Balaban J connectivity index is 1.37. The smallest absolute Gasteiger partial charge is 0.340 e. The van der Waals surface area contributed by atoms with Crippen molar-refractivity contribution < 1.29 is 58.7 Å². The number of aromatic hydroxyl groups is 1. The third-order valence-electron chi connectivity index (χ3n) is 10.3. The van der Waals surface area contributed by atoms with Crippen molar-refractivity contribution in [1.29, 1.82) is 0 Å². The molecule has 8 atom stereocenters. The fourth-order valence-electron chi connectivity index (χ4n) is 7.95. The Hall–Kier alpha value is -4.31. The topological polar surface area (TPSA) is 198 Å². The van der Waals surface area contributed by atoms with Gasteiger partial charge in [0.05, 0.1) is 19.6 Å². The zero-order valence-corrected chi connectivity index (χ0v) is 27.4. The molecule has 1 fully saturated rings. The normalized spacial score (nSPS) is 31.0. The van der Waals surface area contributed by atoms with E-state index in [9.17, 15) is 30.3 Å². The summed E-state index contributed by atoms with van der Waals surface area (Å²) < 4.78 is 36.9. The first-order valence-electron chi connectivity index (χ1n) is 16.0. The molecule has 262 valence electrons. The quantitative estimate of drug-likeness (QED) is 0.173. The first-order chi connectivity index (χ1) is 23.5. The number of aliphatic carboxylic acids is 1. The van der Waals surface area contributed by atoms with Gasteiger partial charge in [-0.3, -0.25) is 0 Å². The molecule has 0 bridgehead atoms. The number of aliphatic hydroxyl groups excluding tert-OH is 3. The van der Waals surface area contributed by atoms with Crippen molar-refractivity contribution in [2.75, 3.05) is 41.5 Å². The minimum absolute atomic E-state index is 0.0179. The van der Waals surface area contributed by atoms with Crippen molar-refractivity contribution in [3.8, 4) is 45.6 Å². The molecule has 1 spiro atoms. The number of phenolic OH excluding ortho intramolecular Hbond substituents is 1. The van der Waals surface area contributed by atoms with E-state index in [2.05, 4.69) is 10.6 Å². The minimum Gasteiger partial charge on any atom is -0.508 e. The highest BCUT2D eigenvalue weighted by Crippen LogP contribution is 2.66. The van der Waals surface area contributed by atoms with Crippen LogP contribution in [-0.4, -0.2) is 103 Å². The number of benzene rings is 3. The molecule has 1 saturated heterocycles. The molecular formula is C35H40N2O12. The van der Waals surface area contributed by atoms with Crippen LogP contribution in [0.5, 0.6) is 34.5 Å². The Morgan fingerprint density at radius 1 is 1.06 bits per heavy atom. The fraction of sp³-hybridized carbons (Fsp3) is 0.457. The Labute approximate surface area is 282 Å². The van der Waals surface area contributed by atoms with E-state index in [-0.39, 0.29) is 30.7 Å². The van der Waals surface area contributed by atoms with Gasteiger partial charge in [0.2, 0.25) is 17.6 Å². The van der Waals surface area contributed by atoms with E-state index < -0.39 is 47.7 Å². The van der Waals surface area contributed by atoms with Crippen LogP contribution in [-0.2, 0) is 14.9 Å². The minimum atomic E-state index is -2.32. The molecule has 0 unspecified atom stereocenters. The van der Waals surface area contributed by atoms with Gasteiger partial charge < -0.3 is 64.6 Å². The first kappa shape index (κ1) is 33.2. The number of fused-ring (bicyclic) bond motifs is 2. The average Bonchev–Trinajstić information content (AvgIpc) is 3.45. The van der Waals surface area contributed by atoms with Crippen LogP contribution in [0.15, 0.2) is 42.5 Å². The van der Waals surface area contributed by atoms with Crippen LogP contribution in [0, 0.1) is 0 Å². The third kappa shape index (κ3) is 4.88. The monoisotopic (exact) mass is 680 g/mol. The van der Waals surface area contributed by atoms with Crippen molar-refractivity contribution in [3.05, 3.63) is 59.2 Å². The molecule has 3 aliphatic heterocycles. The summed E-state index contributed by atoms with van der Waals surface area (Å²) in [4.78, 5) is 12.4. The molecule has 7 rings (SSSR count). The first-order valence-corrected chi connectivity index (χ1v) is 16.0. The zero-order chi connectivity index (χ0) is 34.8. The number of hydrogen-bond donors (Lipinski definition) is 7. The molecule has 0 aromatic heterocycles. The molecule has 3 heterocycles. The highest BCUT2D eigenvalue weighted by atomic mass is 16.7. The molecule has 0 radical (unpaired) electrons. The molecule has 4 aliphatic rings. The Bertz CT molecular complexity index is 1790. The number of phenols is 1. The molecule has 3 aromatic carbocycles. The van der Waals surface area contributed by atoms with Gasteiger partial charge in [-0.05, 0) is 67.9 Å². The maximum absolute atomic E-state index is 12.4. The number of rotatable bonds is 9. The van der Waals surface area contributed by atoms with Gasteiger partial charge in [-0.25, -0.2) is 4.79 Å². The van der Waals surface area contributed by atoms with E-state index in [1.54, 1.807) is 44.6 Å². The number of carbonyl (C=O) groups is 1. The van der Waals surface area contributed by atoms with Gasteiger partial charge in [-0.15, -0.1) is 0 Å². The molecule has 0 saturated carbocycles. The van der Waals surface area contributed by atoms with E-state index in [0.717, 1.165) is 24.0 Å². The van der Waals surface area contributed by atoms with Gasteiger partial charge in [0.1, 0.15) is 48.3 Å². The van der Waals surface area contributed by atoms with Crippen molar-refractivity contribution >= 4 is 5.97 Å². The van der Waals surface area contributed by atoms with E-state index in [1.165, 1.54) is 7.05 Å². The molecule has 7 N–H and O–H groups in total. The van der Waals surface area contributed by atoms with Crippen molar-refractivity contribution in [1.82, 2.24) is 10.6 Å². The zero-order valence-electron chi connectivity index (χ0n) is 27.4. The highest BCUT2D eigenvalue weighted by Gasteiger charge is 2.60. The number of methoxy groups -OCH3 is 2. The molecular weight excluding hydrogens is 640 g/mol. The van der Waals surface area contributed by atoms with Gasteiger partial charge >= 0.3 is 5.97 Å². The Morgan fingerprint density at radius 3 is 2.53 bits per heavy atom. The van der Waals surface area contributed by atoms with Crippen molar-refractivity contribution in [3.63, 3.8) is 0 Å². The van der Waals surface area contributed by atoms with Gasteiger partial charge in [0, 0.05) is 29.8 Å². The molecule has 3 aromatic rings. The lowest BCUT2D eigenvalue weighted by molar-refractivity contribution is -0.305. The SMILES string of the molecule is CNC[C@@]1(C(=O)O)O[C@@H](Oc2cc3c(c(-c4cccc(O)c4)c2)[C@@H]2Oc4c(OC)c(OC)cc5c4[C@]2(CC[C@@H]5NC)CO3)[C@H](O)[C@@H](O)[C@@H]1O. The van der Waals surface area contributed by atoms with Gasteiger partial charge in [-0.2, -0.15) is 0 Å². The number of likely N-dealkylation sites (N-methyl/N-ethyl adjacent to an activating group) is 1. The number of carboxylic acids is 1. The number of ether oxygens (including phenoxy) is 6. The van der Waals surface area contributed by atoms with E-state index in [0.29, 0.717) is 39.7 Å². The second-order valence-corrected chi connectivity index (χ2v) is 12.9. The van der Waals surface area contributed by atoms with Crippen LogP contribution >= 0.6 is 0 Å². The predicted octanol–water partition coefficient (Wildman–Crippen LogP) is 1.76. The summed E-state index contributed by atoms with van der Waals surface area (Å²) in [5.41, 5.74) is 0.954. The van der Waals surface area contributed by atoms with Crippen LogP contribution in [0.2, 0.25) is 0 Å². The summed E-state index contributed by atoms with van der Waals surface area (Å²) in [6.07, 6.45) is -6.40. The Morgan fingerprint density at radius 2 is 1.86 bits per heavy atom. The third-order valence-corrected chi connectivity index (χ3v) is 10.3. The lowest BCUT2D eigenvalue weighted by Crippen LogP contribution is -2.71. The molecule has 14 heteroatoms. The van der Waals surface area contributed by atoms with Gasteiger partial charge in [-0.1, -0.05) is 12.1 Å². The molecule has 0 amide bonds. The van der Waals surface area contributed by atoms with E-state index in [4.69, 9.17) is 28.4 Å². The Kier molecular flexibility index (Phi) is 8.29. The number of nitrogens with one attached hydrogen (secondary N) is 2. The highest BCUT2D eigenvalue weighted by molar-refractivity contribution is 5.79. The van der Waals surface area contributed by atoms with Crippen LogP contribution in [0.3, 0.4) is 0 Å². The standard InChI is InChI=1S/C35H40N2O12/c1-36-14-35(33(42)43)30(41)26(39)27(40)32(49-35)47-18-11-19(16-6-5-7-17(38)10-16)24-22(12-18)46-15-34-9-8-21(37-2)20-13-23(44-3)28(45-4)29(25(20)34)48-31(24)34/h5-7,10-13,21,26-27,30-32,36-41H,8-9,14-15H2,1-4H3,(H,42,43)/t21-,26+,27+,30-,31-,32+,34-,35+/m0/s1. The van der Waals surface area contributed by atoms with Crippen LogP contribution < -0.4 is 34.3 Å². The lowest BCUT2D eigenvalue weighted by atomic mass is 9.64. The second kappa shape index (κ2) is 12.2. The fourth-order valence-corrected chi connectivity index (χ4v) is 7.95. The van der Waals surface area contributed by atoms with Crippen LogP contribution in [0.25, 0.3) is 11.1 Å². The van der Waals surface area contributed by atoms with Crippen molar-refractivity contribution in [2.24, 2.45) is 0 Å². The summed E-state index contributed by atoms with van der Waals surface area (Å²) in [5, 5.41) is 58.9. The predicted molar refractivity (Wildman–Crippen MR) is 172 cm³/mol.